The molecule has 0 spiro atoms. The number of benzene rings is 1. The summed E-state index contributed by atoms with van der Waals surface area (Å²) in [5, 5.41) is 0. The Morgan fingerprint density at radius 3 is 3.00 bits per heavy atom. The van der Waals surface area contributed by atoms with Crippen LogP contribution in [0.15, 0.2) is 33.7 Å². The van der Waals surface area contributed by atoms with Crippen molar-refractivity contribution < 1.29 is 4.74 Å². The van der Waals surface area contributed by atoms with Crippen molar-refractivity contribution in [1.29, 1.82) is 0 Å². The lowest BCUT2D eigenvalue weighted by Gasteiger charge is -2.06. The molecule has 82 valence electrons. The standard InChI is InChI=1S/C10H14BrN3O/c1-15-6-5-13-10(14-12)8-3-2-4-9(11)7-8/h2-4,7H,5-6,12H2,1H3,(H,13,14). The van der Waals surface area contributed by atoms with Crippen LogP contribution in [0.2, 0.25) is 0 Å². The highest BCUT2D eigenvalue weighted by molar-refractivity contribution is 9.10. The molecule has 15 heavy (non-hydrogen) atoms. The summed E-state index contributed by atoms with van der Waals surface area (Å²) in [5.74, 6) is 6.06. The van der Waals surface area contributed by atoms with Crippen LogP contribution < -0.4 is 11.3 Å². The van der Waals surface area contributed by atoms with Gasteiger partial charge in [0.15, 0.2) is 0 Å². The first-order valence-corrected chi connectivity index (χ1v) is 5.33. The molecule has 1 aromatic carbocycles. The normalized spacial score (nSPS) is 11.5. The molecule has 3 N–H and O–H groups in total. The van der Waals surface area contributed by atoms with Crippen LogP contribution in [0.1, 0.15) is 5.56 Å². The van der Waals surface area contributed by atoms with E-state index in [-0.39, 0.29) is 0 Å². The quantitative estimate of drug-likeness (QED) is 0.285. The van der Waals surface area contributed by atoms with E-state index in [1.807, 2.05) is 24.3 Å². The zero-order valence-electron chi connectivity index (χ0n) is 8.53. The number of rotatable bonds is 4. The maximum Gasteiger partial charge on any atom is 0.142 e. The van der Waals surface area contributed by atoms with E-state index in [4.69, 9.17) is 10.6 Å². The van der Waals surface area contributed by atoms with E-state index in [0.29, 0.717) is 19.0 Å². The molecule has 0 aliphatic rings. The summed E-state index contributed by atoms with van der Waals surface area (Å²) in [4.78, 5) is 4.28. The molecular weight excluding hydrogens is 258 g/mol. The Kier molecular flexibility index (Phi) is 5.31. The second kappa shape index (κ2) is 6.55. The van der Waals surface area contributed by atoms with Gasteiger partial charge in [-0.25, -0.2) is 5.84 Å². The Bertz CT molecular complexity index is 341. The highest BCUT2D eigenvalue weighted by Crippen LogP contribution is 2.11. The van der Waals surface area contributed by atoms with Crippen LogP contribution in [0, 0.1) is 0 Å². The van der Waals surface area contributed by atoms with E-state index in [2.05, 4.69) is 26.3 Å². The maximum absolute atomic E-state index is 5.40. The van der Waals surface area contributed by atoms with Crippen molar-refractivity contribution in [3.63, 3.8) is 0 Å². The van der Waals surface area contributed by atoms with Gasteiger partial charge in [-0.15, -0.1) is 0 Å². The number of ether oxygens (including phenoxy) is 1. The first kappa shape index (κ1) is 12.2. The fourth-order valence-electron chi connectivity index (χ4n) is 1.10. The molecule has 0 bridgehead atoms. The summed E-state index contributed by atoms with van der Waals surface area (Å²) in [5.41, 5.74) is 3.53. The third-order valence-corrected chi connectivity index (χ3v) is 2.29. The fraction of sp³-hybridized carbons (Fsp3) is 0.300. The van der Waals surface area contributed by atoms with Crippen LogP contribution in [-0.4, -0.2) is 26.1 Å². The fourth-order valence-corrected chi connectivity index (χ4v) is 1.50. The van der Waals surface area contributed by atoms with Crippen LogP contribution in [0.3, 0.4) is 0 Å². The Labute approximate surface area is 97.6 Å². The van der Waals surface area contributed by atoms with Crippen molar-refractivity contribution in [3.8, 4) is 0 Å². The molecule has 0 radical (unpaired) electrons. The second-order valence-electron chi connectivity index (χ2n) is 2.88. The topological polar surface area (TPSA) is 59.6 Å². The lowest BCUT2D eigenvalue weighted by molar-refractivity contribution is 0.208. The highest BCUT2D eigenvalue weighted by atomic mass is 79.9. The van der Waals surface area contributed by atoms with E-state index >= 15 is 0 Å². The number of nitrogens with one attached hydrogen (secondary N) is 1. The molecule has 0 saturated heterocycles. The molecule has 0 unspecified atom stereocenters. The number of methoxy groups -OCH3 is 1. The average molecular weight is 272 g/mol. The summed E-state index contributed by atoms with van der Waals surface area (Å²) in [6.07, 6.45) is 0. The van der Waals surface area contributed by atoms with E-state index in [1.165, 1.54) is 0 Å². The van der Waals surface area contributed by atoms with Crippen molar-refractivity contribution in [3.05, 3.63) is 34.3 Å². The summed E-state index contributed by atoms with van der Waals surface area (Å²) < 4.78 is 5.91. The van der Waals surface area contributed by atoms with Crippen molar-refractivity contribution >= 4 is 21.8 Å². The van der Waals surface area contributed by atoms with Gasteiger partial charge in [0, 0.05) is 17.1 Å². The van der Waals surface area contributed by atoms with Gasteiger partial charge in [0.2, 0.25) is 0 Å². The molecular formula is C10H14BrN3O. The molecule has 0 fully saturated rings. The van der Waals surface area contributed by atoms with Crippen molar-refractivity contribution in [2.75, 3.05) is 20.3 Å². The number of hydrogen-bond donors (Lipinski definition) is 2. The van der Waals surface area contributed by atoms with Gasteiger partial charge in [0.25, 0.3) is 0 Å². The number of nitrogens with two attached hydrogens (primary N) is 1. The monoisotopic (exact) mass is 271 g/mol. The van der Waals surface area contributed by atoms with Gasteiger partial charge < -0.3 is 10.2 Å². The molecule has 5 heteroatoms. The minimum atomic E-state index is 0.583. The lowest BCUT2D eigenvalue weighted by Crippen LogP contribution is -2.31. The Morgan fingerprint density at radius 2 is 2.40 bits per heavy atom. The molecule has 0 saturated carbocycles. The molecule has 1 aromatic rings. The second-order valence-corrected chi connectivity index (χ2v) is 3.79. The largest absolute Gasteiger partial charge is 0.383 e. The number of hydrazine groups is 1. The number of aliphatic imine (C=N–C) groups is 1. The molecule has 4 nitrogen and oxygen atoms in total. The van der Waals surface area contributed by atoms with E-state index in [9.17, 15) is 0 Å². The predicted molar refractivity (Wildman–Crippen MR) is 64.7 cm³/mol. The molecule has 0 amide bonds. The van der Waals surface area contributed by atoms with Crippen LogP contribution in [0.5, 0.6) is 0 Å². The molecule has 0 aromatic heterocycles. The van der Waals surface area contributed by atoms with Crippen LogP contribution in [0.25, 0.3) is 0 Å². The van der Waals surface area contributed by atoms with E-state index < -0.39 is 0 Å². The third kappa shape index (κ3) is 3.99. The Balaban J connectivity index is 2.77. The van der Waals surface area contributed by atoms with Crippen LogP contribution in [0.4, 0.5) is 0 Å². The molecule has 1 rings (SSSR count). The first-order chi connectivity index (χ1) is 7.27. The third-order valence-electron chi connectivity index (χ3n) is 1.80. The van der Waals surface area contributed by atoms with Gasteiger partial charge in [-0.05, 0) is 12.1 Å². The number of nitrogens with zero attached hydrogens (tertiary/aromatic N) is 1. The van der Waals surface area contributed by atoms with Gasteiger partial charge in [0.05, 0.1) is 13.2 Å². The summed E-state index contributed by atoms with van der Waals surface area (Å²) in [7, 11) is 1.64. The first-order valence-electron chi connectivity index (χ1n) is 4.54. The zero-order chi connectivity index (χ0) is 11.1. The van der Waals surface area contributed by atoms with Gasteiger partial charge in [-0.3, -0.25) is 4.99 Å². The minimum absolute atomic E-state index is 0.583. The Hall–Kier alpha value is -0.910. The number of hydrogen-bond acceptors (Lipinski definition) is 3. The van der Waals surface area contributed by atoms with Crippen molar-refractivity contribution in [1.82, 2.24) is 5.43 Å². The summed E-state index contributed by atoms with van der Waals surface area (Å²) in [6, 6.07) is 7.77. The predicted octanol–water partition coefficient (Wildman–Crippen LogP) is 1.31. The van der Waals surface area contributed by atoms with Gasteiger partial charge >= 0.3 is 0 Å². The molecule has 0 atom stereocenters. The summed E-state index contributed by atoms with van der Waals surface area (Å²) in [6.45, 7) is 1.17. The van der Waals surface area contributed by atoms with Crippen LogP contribution in [-0.2, 0) is 4.74 Å². The highest BCUT2D eigenvalue weighted by Gasteiger charge is 2.00. The summed E-state index contributed by atoms with van der Waals surface area (Å²) >= 11 is 3.39. The number of amidine groups is 1. The van der Waals surface area contributed by atoms with Crippen LogP contribution >= 0.6 is 15.9 Å². The van der Waals surface area contributed by atoms with E-state index in [0.717, 1.165) is 10.0 Å². The SMILES string of the molecule is COCCN=C(NN)c1cccc(Br)c1. The minimum Gasteiger partial charge on any atom is -0.383 e. The maximum atomic E-state index is 5.40. The lowest BCUT2D eigenvalue weighted by atomic mass is 10.2. The Morgan fingerprint density at radius 1 is 1.60 bits per heavy atom. The van der Waals surface area contributed by atoms with Gasteiger partial charge in [0.1, 0.15) is 5.84 Å². The smallest absolute Gasteiger partial charge is 0.142 e. The zero-order valence-corrected chi connectivity index (χ0v) is 10.1. The molecule has 0 aliphatic carbocycles. The molecule has 0 heterocycles. The van der Waals surface area contributed by atoms with E-state index in [1.54, 1.807) is 7.11 Å². The van der Waals surface area contributed by atoms with Crippen molar-refractivity contribution in [2.45, 2.75) is 0 Å². The molecule has 0 aliphatic heterocycles. The van der Waals surface area contributed by atoms with Crippen molar-refractivity contribution in [2.24, 2.45) is 10.8 Å². The number of halogens is 1. The van der Waals surface area contributed by atoms with Gasteiger partial charge in [-0.2, -0.15) is 0 Å². The van der Waals surface area contributed by atoms with Gasteiger partial charge in [-0.1, -0.05) is 28.1 Å². The average Bonchev–Trinajstić information content (AvgIpc) is 2.24.